The second-order valence-corrected chi connectivity index (χ2v) is 3.06. The van der Waals surface area contributed by atoms with Crippen molar-refractivity contribution in [2.24, 2.45) is 0 Å². The molecule has 4 nitrogen and oxygen atoms in total. The number of ether oxygens (including phenoxy) is 3. The zero-order chi connectivity index (χ0) is 11.3. The minimum atomic E-state index is -0.581. The third-order valence-electron chi connectivity index (χ3n) is 1.71. The highest BCUT2D eigenvalue weighted by atomic mass is 35.5. The van der Waals surface area contributed by atoms with E-state index in [1.54, 1.807) is 18.2 Å². The standard InChI is InChI=1S/C10H11ClO4/c1-13-7-4-3-5-8(14-2)10(7)15-6-9(11)12/h3-5H,6H2,1-2H3. The summed E-state index contributed by atoms with van der Waals surface area (Å²) < 4.78 is 15.3. The first-order valence-corrected chi connectivity index (χ1v) is 4.59. The molecule has 1 aromatic carbocycles. The van der Waals surface area contributed by atoms with Crippen molar-refractivity contribution < 1.29 is 19.0 Å². The zero-order valence-electron chi connectivity index (χ0n) is 8.45. The lowest BCUT2D eigenvalue weighted by atomic mass is 10.3. The third kappa shape index (κ3) is 3.02. The number of carbonyl (C=O) groups excluding carboxylic acids is 1. The largest absolute Gasteiger partial charge is 0.493 e. The van der Waals surface area contributed by atoms with E-state index in [0.29, 0.717) is 17.2 Å². The SMILES string of the molecule is COc1cccc(OC)c1OCC(=O)Cl. The lowest BCUT2D eigenvalue weighted by molar-refractivity contribution is -0.113. The molecule has 1 aromatic rings. The molecule has 0 aliphatic carbocycles. The van der Waals surface area contributed by atoms with Crippen LogP contribution in [0.25, 0.3) is 0 Å². The van der Waals surface area contributed by atoms with Crippen molar-refractivity contribution in [2.45, 2.75) is 0 Å². The number of carbonyl (C=O) groups is 1. The van der Waals surface area contributed by atoms with Crippen LogP contribution < -0.4 is 14.2 Å². The van der Waals surface area contributed by atoms with Crippen molar-refractivity contribution in [3.05, 3.63) is 18.2 Å². The maximum absolute atomic E-state index is 10.6. The molecular formula is C10H11ClO4. The normalized spacial score (nSPS) is 9.53. The number of rotatable bonds is 5. The van der Waals surface area contributed by atoms with Gasteiger partial charge in [-0.3, -0.25) is 4.79 Å². The molecule has 0 amide bonds. The van der Waals surface area contributed by atoms with Crippen molar-refractivity contribution in [2.75, 3.05) is 20.8 Å². The van der Waals surface area contributed by atoms with E-state index in [0.717, 1.165) is 0 Å². The van der Waals surface area contributed by atoms with Crippen LogP contribution in [0.3, 0.4) is 0 Å². The molecule has 0 fully saturated rings. The molecule has 1 rings (SSSR count). The van der Waals surface area contributed by atoms with Crippen LogP contribution in [0.15, 0.2) is 18.2 Å². The summed E-state index contributed by atoms with van der Waals surface area (Å²) in [5.74, 6) is 1.36. The molecule has 15 heavy (non-hydrogen) atoms. The molecule has 0 unspecified atom stereocenters. The Bertz CT molecular complexity index is 329. The van der Waals surface area contributed by atoms with Gasteiger partial charge in [0.25, 0.3) is 5.24 Å². The van der Waals surface area contributed by atoms with Crippen LogP contribution in [0.4, 0.5) is 0 Å². The van der Waals surface area contributed by atoms with Gasteiger partial charge in [-0.2, -0.15) is 0 Å². The van der Waals surface area contributed by atoms with E-state index in [1.165, 1.54) is 14.2 Å². The summed E-state index contributed by atoms with van der Waals surface area (Å²) in [5.41, 5.74) is 0. The number of hydrogen-bond donors (Lipinski definition) is 0. The Hall–Kier alpha value is -1.42. The molecule has 5 heteroatoms. The first kappa shape index (κ1) is 11.7. The number of benzene rings is 1. The van der Waals surface area contributed by atoms with Gasteiger partial charge in [0.05, 0.1) is 14.2 Å². The van der Waals surface area contributed by atoms with Crippen molar-refractivity contribution >= 4 is 16.8 Å². The predicted octanol–water partition coefficient (Wildman–Crippen LogP) is 1.85. The highest BCUT2D eigenvalue weighted by molar-refractivity contribution is 6.63. The second-order valence-electron chi connectivity index (χ2n) is 2.64. The molecule has 0 saturated heterocycles. The van der Waals surface area contributed by atoms with Gasteiger partial charge in [-0.05, 0) is 23.7 Å². The fourth-order valence-electron chi connectivity index (χ4n) is 1.09. The van der Waals surface area contributed by atoms with Gasteiger partial charge < -0.3 is 14.2 Å². The Morgan fingerprint density at radius 2 is 1.80 bits per heavy atom. The minimum Gasteiger partial charge on any atom is -0.493 e. The van der Waals surface area contributed by atoms with Crippen LogP contribution in [0, 0.1) is 0 Å². The molecule has 82 valence electrons. The lowest BCUT2D eigenvalue weighted by Gasteiger charge is -2.12. The molecular weight excluding hydrogens is 220 g/mol. The summed E-state index contributed by atoms with van der Waals surface area (Å²) in [6.07, 6.45) is 0. The van der Waals surface area contributed by atoms with Gasteiger partial charge in [0.2, 0.25) is 5.75 Å². The van der Waals surface area contributed by atoms with Crippen LogP contribution in [-0.4, -0.2) is 26.1 Å². The molecule has 0 spiro atoms. The summed E-state index contributed by atoms with van der Waals surface area (Å²) in [5, 5.41) is -0.581. The van der Waals surface area contributed by atoms with Gasteiger partial charge >= 0.3 is 0 Å². The monoisotopic (exact) mass is 230 g/mol. The van der Waals surface area contributed by atoms with Gasteiger partial charge in [0, 0.05) is 0 Å². The van der Waals surface area contributed by atoms with E-state index < -0.39 is 5.24 Å². The molecule has 0 heterocycles. The average Bonchev–Trinajstić information content (AvgIpc) is 2.25. The maximum Gasteiger partial charge on any atom is 0.259 e. The maximum atomic E-state index is 10.6. The van der Waals surface area contributed by atoms with E-state index in [-0.39, 0.29) is 6.61 Å². The summed E-state index contributed by atoms with van der Waals surface area (Å²) in [6, 6.07) is 5.17. The average molecular weight is 231 g/mol. The smallest absolute Gasteiger partial charge is 0.259 e. The molecule has 0 atom stereocenters. The Labute approximate surface area is 92.7 Å². The summed E-state index contributed by atoms with van der Waals surface area (Å²) >= 11 is 5.17. The van der Waals surface area contributed by atoms with Gasteiger partial charge in [-0.15, -0.1) is 0 Å². The van der Waals surface area contributed by atoms with Crippen molar-refractivity contribution in [3.63, 3.8) is 0 Å². The fraction of sp³-hybridized carbons (Fsp3) is 0.300. The first-order chi connectivity index (χ1) is 7.19. The van der Waals surface area contributed by atoms with E-state index in [9.17, 15) is 4.79 Å². The topological polar surface area (TPSA) is 44.8 Å². The van der Waals surface area contributed by atoms with Crippen molar-refractivity contribution in [3.8, 4) is 17.2 Å². The van der Waals surface area contributed by atoms with Crippen molar-refractivity contribution in [1.82, 2.24) is 0 Å². The number of halogens is 1. The molecule has 0 aromatic heterocycles. The van der Waals surface area contributed by atoms with Gasteiger partial charge in [-0.1, -0.05) is 6.07 Å². The van der Waals surface area contributed by atoms with Gasteiger partial charge in [0.15, 0.2) is 18.1 Å². The third-order valence-corrected chi connectivity index (χ3v) is 1.82. The molecule has 0 radical (unpaired) electrons. The predicted molar refractivity (Wildman–Crippen MR) is 55.9 cm³/mol. The Balaban J connectivity index is 2.94. The molecule has 0 N–H and O–H groups in total. The highest BCUT2D eigenvalue weighted by Crippen LogP contribution is 2.36. The Kier molecular flexibility index (Phi) is 4.24. The van der Waals surface area contributed by atoms with Gasteiger partial charge in [0.1, 0.15) is 0 Å². The number of hydrogen-bond acceptors (Lipinski definition) is 4. The van der Waals surface area contributed by atoms with Crippen molar-refractivity contribution in [1.29, 1.82) is 0 Å². The van der Waals surface area contributed by atoms with Crippen LogP contribution in [0.5, 0.6) is 17.2 Å². The lowest BCUT2D eigenvalue weighted by Crippen LogP contribution is -2.06. The van der Waals surface area contributed by atoms with Crippen LogP contribution in [0.1, 0.15) is 0 Å². The molecule has 0 bridgehead atoms. The van der Waals surface area contributed by atoms with E-state index in [1.807, 2.05) is 0 Å². The van der Waals surface area contributed by atoms with Crippen LogP contribution in [-0.2, 0) is 4.79 Å². The first-order valence-electron chi connectivity index (χ1n) is 4.21. The molecule has 0 aliphatic heterocycles. The molecule has 0 saturated carbocycles. The Morgan fingerprint density at radius 3 is 2.20 bits per heavy atom. The van der Waals surface area contributed by atoms with E-state index in [4.69, 9.17) is 25.8 Å². The number of methoxy groups -OCH3 is 2. The second kappa shape index (κ2) is 5.46. The van der Waals surface area contributed by atoms with E-state index in [2.05, 4.69) is 0 Å². The Morgan fingerprint density at radius 1 is 1.27 bits per heavy atom. The summed E-state index contributed by atoms with van der Waals surface area (Å²) in [4.78, 5) is 10.6. The van der Waals surface area contributed by atoms with Gasteiger partial charge in [-0.25, -0.2) is 0 Å². The molecule has 0 aliphatic rings. The highest BCUT2D eigenvalue weighted by Gasteiger charge is 2.11. The quantitative estimate of drug-likeness (QED) is 0.725. The number of para-hydroxylation sites is 1. The van der Waals surface area contributed by atoms with Crippen LogP contribution in [0.2, 0.25) is 0 Å². The minimum absolute atomic E-state index is 0.224. The summed E-state index contributed by atoms with van der Waals surface area (Å²) in [7, 11) is 3.01. The zero-order valence-corrected chi connectivity index (χ0v) is 9.21. The fourth-order valence-corrected chi connectivity index (χ4v) is 1.14. The summed E-state index contributed by atoms with van der Waals surface area (Å²) in [6.45, 7) is -0.224. The van der Waals surface area contributed by atoms with Crippen LogP contribution >= 0.6 is 11.6 Å². The van der Waals surface area contributed by atoms with E-state index >= 15 is 0 Å².